The summed E-state index contributed by atoms with van der Waals surface area (Å²) in [6.45, 7) is 1.86. The molecule has 2 rings (SSSR count). The van der Waals surface area contributed by atoms with Crippen LogP contribution in [-0.2, 0) is 0 Å². The second kappa shape index (κ2) is 5.61. The fraction of sp³-hybridized carbons (Fsp3) is 0.200. The van der Waals surface area contributed by atoms with Gasteiger partial charge in [0.05, 0.1) is 13.2 Å². The van der Waals surface area contributed by atoms with Crippen LogP contribution in [0.1, 0.15) is 18.5 Å². The summed E-state index contributed by atoms with van der Waals surface area (Å²) in [4.78, 5) is 0. The number of anilines is 1. The van der Waals surface area contributed by atoms with E-state index in [1.807, 2.05) is 31.2 Å². The van der Waals surface area contributed by atoms with Crippen molar-refractivity contribution in [3.05, 3.63) is 53.8 Å². The van der Waals surface area contributed by atoms with E-state index in [-0.39, 0.29) is 17.6 Å². The third-order valence-corrected chi connectivity index (χ3v) is 2.93. The maximum atomic E-state index is 13.2. The number of hydrogen-bond donors (Lipinski definition) is 2. The number of nitrogens with one attached hydrogen (secondary N) is 1. The van der Waals surface area contributed by atoms with Crippen LogP contribution in [0.25, 0.3) is 0 Å². The molecule has 0 aliphatic carbocycles. The van der Waals surface area contributed by atoms with Crippen molar-refractivity contribution in [2.75, 3.05) is 12.4 Å². The summed E-state index contributed by atoms with van der Waals surface area (Å²) in [6.07, 6.45) is 0. The SMILES string of the molecule is COc1ccc(NC(C)c2cc(F)ccc2O)cc1. The highest BCUT2D eigenvalue weighted by Crippen LogP contribution is 2.28. The molecule has 0 saturated heterocycles. The lowest BCUT2D eigenvalue weighted by atomic mass is 10.1. The quantitative estimate of drug-likeness (QED) is 0.881. The van der Waals surface area contributed by atoms with Crippen LogP contribution in [0, 0.1) is 5.82 Å². The molecule has 1 unspecified atom stereocenters. The molecular formula is C15H16FNO2. The van der Waals surface area contributed by atoms with Crippen LogP contribution in [0.4, 0.5) is 10.1 Å². The van der Waals surface area contributed by atoms with Crippen LogP contribution in [0.3, 0.4) is 0 Å². The normalized spacial score (nSPS) is 11.9. The molecule has 0 spiro atoms. The van der Waals surface area contributed by atoms with Gasteiger partial charge in [0.2, 0.25) is 0 Å². The summed E-state index contributed by atoms with van der Waals surface area (Å²) in [5, 5.41) is 12.9. The first-order chi connectivity index (χ1) is 9.10. The van der Waals surface area contributed by atoms with E-state index in [1.165, 1.54) is 18.2 Å². The van der Waals surface area contributed by atoms with Crippen LogP contribution in [0.5, 0.6) is 11.5 Å². The zero-order valence-electron chi connectivity index (χ0n) is 10.9. The van der Waals surface area contributed by atoms with E-state index in [4.69, 9.17) is 4.74 Å². The van der Waals surface area contributed by atoms with Crippen molar-refractivity contribution in [2.45, 2.75) is 13.0 Å². The lowest BCUT2D eigenvalue weighted by Crippen LogP contribution is -2.07. The fourth-order valence-corrected chi connectivity index (χ4v) is 1.89. The maximum absolute atomic E-state index is 13.2. The third kappa shape index (κ3) is 3.16. The molecule has 0 aromatic heterocycles. The molecular weight excluding hydrogens is 245 g/mol. The van der Waals surface area contributed by atoms with Crippen molar-refractivity contribution >= 4 is 5.69 Å². The molecule has 19 heavy (non-hydrogen) atoms. The minimum absolute atomic E-state index is 0.0786. The highest BCUT2D eigenvalue weighted by Gasteiger charge is 2.11. The number of aromatic hydroxyl groups is 1. The van der Waals surface area contributed by atoms with Gasteiger partial charge in [-0.3, -0.25) is 0 Å². The highest BCUT2D eigenvalue weighted by molar-refractivity contribution is 5.49. The first-order valence-corrected chi connectivity index (χ1v) is 5.99. The van der Waals surface area contributed by atoms with Crippen molar-refractivity contribution in [1.29, 1.82) is 0 Å². The molecule has 2 N–H and O–H groups in total. The van der Waals surface area contributed by atoms with Crippen LogP contribution in [0.15, 0.2) is 42.5 Å². The number of phenolic OH excluding ortho intramolecular Hbond substituents is 1. The zero-order valence-corrected chi connectivity index (χ0v) is 10.9. The van der Waals surface area contributed by atoms with E-state index in [0.717, 1.165) is 11.4 Å². The smallest absolute Gasteiger partial charge is 0.123 e. The molecule has 1 atom stereocenters. The van der Waals surface area contributed by atoms with Gasteiger partial charge in [-0.1, -0.05) is 0 Å². The van der Waals surface area contributed by atoms with E-state index in [0.29, 0.717) is 5.56 Å². The van der Waals surface area contributed by atoms with Gasteiger partial charge >= 0.3 is 0 Å². The van der Waals surface area contributed by atoms with Crippen molar-refractivity contribution < 1.29 is 14.2 Å². The van der Waals surface area contributed by atoms with Gasteiger partial charge in [0.25, 0.3) is 0 Å². The molecule has 0 amide bonds. The first kappa shape index (κ1) is 13.2. The van der Waals surface area contributed by atoms with Crippen LogP contribution >= 0.6 is 0 Å². The predicted molar refractivity (Wildman–Crippen MR) is 73.1 cm³/mol. The maximum Gasteiger partial charge on any atom is 0.123 e. The highest BCUT2D eigenvalue weighted by atomic mass is 19.1. The van der Waals surface area contributed by atoms with Gasteiger partial charge < -0.3 is 15.2 Å². The Hall–Kier alpha value is -2.23. The first-order valence-electron chi connectivity index (χ1n) is 5.99. The minimum atomic E-state index is -0.365. The monoisotopic (exact) mass is 261 g/mol. The molecule has 0 saturated carbocycles. The zero-order chi connectivity index (χ0) is 13.8. The molecule has 0 aliphatic heterocycles. The van der Waals surface area contributed by atoms with Crippen LogP contribution in [-0.4, -0.2) is 12.2 Å². The number of benzene rings is 2. The van der Waals surface area contributed by atoms with E-state index in [2.05, 4.69) is 5.32 Å². The molecule has 3 nitrogen and oxygen atoms in total. The van der Waals surface area contributed by atoms with Gasteiger partial charge in [-0.05, 0) is 49.4 Å². The Morgan fingerprint density at radius 3 is 2.47 bits per heavy atom. The Labute approximate surface area is 111 Å². The molecule has 0 heterocycles. The third-order valence-electron chi connectivity index (χ3n) is 2.93. The topological polar surface area (TPSA) is 41.5 Å². The van der Waals surface area contributed by atoms with E-state index in [1.54, 1.807) is 7.11 Å². The Kier molecular flexibility index (Phi) is 3.90. The Balaban J connectivity index is 2.15. The molecule has 0 fully saturated rings. The van der Waals surface area contributed by atoms with Crippen molar-refractivity contribution in [3.63, 3.8) is 0 Å². The molecule has 2 aromatic carbocycles. The molecule has 0 radical (unpaired) electrons. The average molecular weight is 261 g/mol. The summed E-state index contributed by atoms with van der Waals surface area (Å²) < 4.78 is 18.3. The van der Waals surface area contributed by atoms with Gasteiger partial charge in [-0.25, -0.2) is 4.39 Å². The van der Waals surface area contributed by atoms with Gasteiger partial charge in [0, 0.05) is 11.3 Å². The summed E-state index contributed by atoms with van der Waals surface area (Å²) in [5.74, 6) is 0.484. The Morgan fingerprint density at radius 2 is 1.84 bits per heavy atom. The number of phenols is 1. The van der Waals surface area contributed by atoms with Gasteiger partial charge in [-0.15, -0.1) is 0 Å². The number of rotatable bonds is 4. The van der Waals surface area contributed by atoms with Gasteiger partial charge in [0.15, 0.2) is 0 Å². The minimum Gasteiger partial charge on any atom is -0.508 e. The number of ether oxygens (including phenoxy) is 1. The van der Waals surface area contributed by atoms with Gasteiger partial charge in [-0.2, -0.15) is 0 Å². The number of halogens is 1. The fourth-order valence-electron chi connectivity index (χ4n) is 1.89. The molecule has 0 aliphatic rings. The summed E-state index contributed by atoms with van der Waals surface area (Å²) >= 11 is 0. The number of methoxy groups -OCH3 is 1. The van der Waals surface area contributed by atoms with Crippen molar-refractivity contribution in [2.24, 2.45) is 0 Å². The lowest BCUT2D eigenvalue weighted by molar-refractivity contribution is 0.415. The molecule has 4 heteroatoms. The lowest BCUT2D eigenvalue weighted by Gasteiger charge is -2.17. The summed E-state index contributed by atoms with van der Waals surface area (Å²) in [7, 11) is 1.61. The summed E-state index contributed by atoms with van der Waals surface area (Å²) in [5.41, 5.74) is 1.40. The Bertz CT molecular complexity index is 555. The largest absolute Gasteiger partial charge is 0.508 e. The molecule has 0 bridgehead atoms. The van der Waals surface area contributed by atoms with Crippen LogP contribution < -0.4 is 10.1 Å². The second-order valence-corrected chi connectivity index (χ2v) is 4.30. The average Bonchev–Trinajstić information content (AvgIpc) is 2.42. The van der Waals surface area contributed by atoms with E-state index >= 15 is 0 Å². The predicted octanol–water partition coefficient (Wildman–Crippen LogP) is 3.71. The Morgan fingerprint density at radius 1 is 1.16 bits per heavy atom. The molecule has 2 aromatic rings. The second-order valence-electron chi connectivity index (χ2n) is 4.30. The standard InChI is InChI=1S/C15H16FNO2/c1-10(14-9-11(16)3-8-15(14)18)17-12-4-6-13(19-2)7-5-12/h3-10,17-18H,1-2H3. The van der Waals surface area contributed by atoms with Crippen molar-refractivity contribution in [1.82, 2.24) is 0 Å². The van der Waals surface area contributed by atoms with Gasteiger partial charge in [0.1, 0.15) is 17.3 Å². The number of hydrogen-bond acceptors (Lipinski definition) is 3. The van der Waals surface area contributed by atoms with E-state index in [9.17, 15) is 9.50 Å². The van der Waals surface area contributed by atoms with Crippen LogP contribution in [0.2, 0.25) is 0 Å². The van der Waals surface area contributed by atoms with E-state index < -0.39 is 0 Å². The summed E-state index contributed by atoms with van der Waals surface area (Å²) in [6, 6.07) is 11.1. The van der Waals surface area contributed by atoms with Crippen molar-refractivity contribution in [3.8, 4) is 11.5 Å². The molecule has 100 valence electrons.